The van der Waals surface area contributed by atoms with Crippen LogP contribution in [0.15, 0.2) is 48.7 Å². The van der Waals surface area contributed by atoms with Gasteiger partial charge in [0.25, 0.3) is 5.91 Å². The van der Waals surface area contributed by atoms with Crippen LogP contribution in [-0.4, -0.2) is 24.6 Å². The fourth-order valence-electron chi connectivity index (χ4n) is 3.92. The number of nitrogens with one attached hydrogen (secondary N) is 3. The first-order valence-electron chi connectivity index (χ1n) is 10.0. The molecule has 0 saturated carbocycles. The van der Waals surface area contributed by atoms with Crippen LogP contribution < -0.4 is 20.7 Å². The maximum absolute atomic E-state index is 13.3. The van der Waals surface area contributed by atoms with Crippen LogP contribution in [-0.2, 0) is 4.79 Å². The summed E-state index contributed by atoms with van der Waals surface area (Å²) in [7, 11) is 0. The van der Waals surface area contributed by atoms with Crippen LogP contribution >= 0.6 is 0 Å². The number of benzene rings is 2. The highest BCUT2D eigenvalue weighted by Gasteiger charge is 2.32. The van der Waals surface area contributed by atoms with Crippen LogP contribution in [0, 0.1) is 11.7 Å². The number of rotatable bonds is 5. The highest BCUT2D eigenvalue weighted by atomic mass is 19.1. The van der Waals surface area contributed by atoms with Gasteiger partial charge in [-0.3, -0.25) is 4.79 Å². The fourth-order valence-corrected chi connectivity index (χ4v) is 3.92. The van der Waals surface area contributed by atoms with Gasteiger partial charge >= 0.3 is 0 Å². The van der Waals surface area contributed by atoms with Crippen molar-refractivity contribution in [2.24, 2.45) is 5.92 Å². The zero-order valence-electron chi connectivity index (χ0n) is 16.7. The van der Waals surface area contributed by atoms with Gasteiger partial charge < -0.3 is 20.7 Å². The number of carbonyl (C=O) groups excluding carboxylic acids is 1. The Kier molecular flexibility index (Phi) is 5.28. The molecule has 1 atom stereocenters. The molecule has 152 valence electrons. The number of hydrogen-bond acceptors (Lipinski definition) is 4. The van der Waals surface area contributed by atoms with Crippen molar-refractivity contribution in [1.29, 1.82) is 0 Å². The maximum Gasteiger partial charge on any atom is 0.257 e. The quantitative estimate of drug-likeness (QED) is 0.657. The Morgan fingerprint density at radius 1 is 1.21 bits per heavy atom. The molecule has 0 bridgehead atoms. The van der Waals surface area contributed by atoms with Crippen molar-refractivity contribution < 1.29 is 13.9 Å². The monoisotopic (exact) mass is 395 g/mol. The van der Waals surface area contributed by atoms with Crippen molar-refractivity contribution >= 4 is 22.9 Å². The van der Waals surface area contributed by atoms with Crippen molar-refractivity contribution in [3.05, 3.63) is 60.0 Å². The summed E-state index contributed by atoms with van der Waals surface area (Å²) in [6.45, 7) is 6.34. The van der Waals surface area contributed by atoms with Crippen LogP contribution in [0.25, 0.3) is 5.57 Å². The minimum Gasteiger partial charge on any atom is -0.488 e. The van der Waals surface area contributed by atoms with E-state index in [-0.39, 0.29) is 17.3 Å². The van der Waals surface area contributed by atoms with Gasteiger partial charge in [-0.25, -0.2) is 4.39 Å². The Hall–Kier alpha value is -2.86. The van der Waals surface area contributed by atoms with E-state index in [4.69, 9.17) is 4.74 Å². The van der Waals surface area contributed by atoms with E-state index in [1.54, 1.807) is 12.3 Å². The standard InChI is InChI=1S/C23H26FN3O2/c1-23(2,15-4-3-11-25-13-15)29-18-8-6-17(7-9-18)26-14-20-19-10-5-16(24)12-21(19)27-22(20)28/h5-10,12,14-15,25-26H,3-4,11,13H2,1-2H3,(H,27,28). The normalized spacial score (nSPS) is 20.3. The fraction of sp³-hybridized carbons (Fsp3) is 0.348. The second-order valence-electron chi connectivity index (χ2n) is 8.12. The Labute approximate surface area is 170 Å². The molecule has 29 heavy (non-hydrogen) atoms. The van der Waals surface area contributed by atoms with Gasteiger partial charge in [-0.05, 0) is 75.7 Å². The Morgan fingerprint density at radius 3 is 2.72 bits per heavy atom. The van der Waals surface area contributed by atoms with Crippen molar-refractivity contribution in [1.82, 2.24) is 5.32 Å². The minimum atomic E-state index is -0.374. The van der Waals surface area contributed by atoms with Gasteiger partial charge in [-0.15, -0.1) is 0 Å². The summed E-state index contributed by atoms with van der Waals surface area (Å²) in [5.74, 6) is 0.671. The van der Waals surface area contributed by atoms with Gasteiger partial charge in [0.1, 0.15) is 17.2 Å². The third kappa shape index (κ3) is 4.27. The van der Waals surface area contributed by atoms with Crippen molar-refractivity contribution in [2.45, 2.75) is 32.3 Å². The highest BCUT2D eigenvalue weighted by Crippen LogP contribution is 2.33. The first-order valence-corrected chi connectivity index (χ1v) is 10.0. The summed E-state index contributed by atoms with van der Waals surface area (Å²) in [5, 5.41) is 9.27. The molecule has 0 aromatic heterocycles. The van der Waals surface area contributed by atoms with E-state index in [9.17, 15) is 9.18 Å². The van der Waals surface area contributed by atoms with E-state index in [2.05, 4.69) is 29.8 Å². The number of piperidine rings is 1. The average Bonchev–Trinajstić information content (AvgIpc) is 3.02. The summed E-state index contributed by atoms with van der Waals surface area (Å²) >= 11 is 0. The van der Waals surface area contributed by atoms with E-state index in [0.29, 0.717) is 22.7 Å². The molecule has 2 aliphatic heterocycles. The third-order valence-electron chi connectivity index (χ3n) is 5.66. The highest BCUT2D eigenvalue weighted by molar-refractivity contribution is 6.31. The van der Waals surface area contributed by atoms with Gasteiger partial charge in [0.2, 0.25) is 0 Å². The zero-order chi connectivity index (χ0) is 20.4. The molecule has 1 unspecified atom stereocenters. The smallest absolute Gasteiger partial charge is 0.257 e. The van der Waals surface area contributed by atoms with Crippen molar-refractivity contribution in [3.63, 3.8) is 0 Å². The molecule has 4 rings (SSSR count). The SMILES string of the molecule is CC(C)(Oc1ccc(NC=C2C(=O)Nc3cc(F)ccc32)cc1)C1CCCNC1. The van der Waals surface area contributed by atoms with Gasteiger partial charge in [0, 0.05) is 29.9 Å². The van der Waals surface area contributed by atoms with Gasteiger partial charge in [0.05, 0.1) is 11.3 Å². The molecule has 1 amide bonds. The van der Waals surface area contributed by atoms with Crippen LogP contribution in [0.1, 0.15) is 32.3 Å². The topological polar surface area (TPSA) is 62.4 Å². The molecular formula is C23H26FN3O2. The lowest BCUT2D eigenvalue weighted by Gasteiger charge is -2.37. The Balaban J connectivity index is 1.43. The molecule has 2 aromatic carbocycles. The lowest BCUT2D eigenvalue weighted by molar-refractivity contribution is -0.110. The van der Waals surface area contributed by atoms with Crippen molar-refractivity contribution in [2.75, 3.05) is 23.7 Å². The van der Waals surface area contributed by atoms with E-state index in [0.717, 1.165) is 24.5 Å². The molecule has 5 nitrogen and oxygen atoms in total. The second-order valence-corrected chi connectivity index (χ2v) is 8.12. The Morgan fingerprint density at radius 2 is 2.00 bits per heavy atom. The predicted octanol–water partition coefficient (Wildman–Crippen LogP) is 4.39. The lowest BCUT2D eigenvalue weighted by atomic mass is 9.84. The molecule has 1 saturated heterocycles. The largest absolute Gasteiger partial charge is 0.488 e. The van der Waals surface area contributed by atoms with Crippen LogP contribution in [0.5, 0.6) is 5.75 Å². The molecule has 2 heterocycles. The van der Waals surface area contributed by atoms with Crippen LogP contribution in [0.4, 0.5) is 15.8 Å². The Bertz CT molecular complexity index is 932. The molecule has 0 spiro atoms. The molecule has 0 radical (unpaired) electrons. The number of carbonyl (C=O) groups is 1. The summed E-state index contributed by atoms with van der Waals surface area (Å²) in [6, 6.07) is 12.0. The molecule has 2 aromatic rings. The number of halogens is 1. The number of ether oxygens (including phenoxy) is 1. The third-order valence-corrected chi connectivity index (χ3v) is 5.66. The van der Waals surface area contributed by atoms with Crippen LogP contribution in [0.2, 0.25) is 0 Å². The summed E-state index contributed by atoms with van der Waals surface area (Å²) in [5.41, 5.74) is 2.25. The number of hydrogen-bond donors (Lipinski definition) is 3. The van der Waals surface area contributed by atoms with Crippen molar-refractivity contribution in [3.8, 4) is 5.75 Å². The first kappa shape index (κ1) is 19.5. The lowest BCUT2D eigenvalue weighted by Crippen LogP contribution is -2.46. The van der Waals surface area contributed by atoms with E-state index >= 15 is 0 Å². The molecular weight excluding hydrogens is 369 g/mol. The summed E-state index contributed by atoms with van der Waals surface area (Å²) in [6.07, 6.45) is 3.99. The predicted molar refractivity (Wildman–Crippen MR) is 113 cm³/mol. The van der Waals surface area contributed by atoms with E-state index in [1.165, 1.54) is 25.0 Å². The first-order chi connectivity index (χ1) is 13.9. The number of fused-ring (bicyclic) bond motifs is 1. The van der Waals surface area contributed by atoms with Gasteiger partial charge in [-0.2, -0.15) is 0 Å². The van der Waals surface area contributed by atoms with E-state index < -0.39 is 0 Å². The average molecular weight is 395 g/mol. The molecule has 1 fully saturated rings. The number of amides is 1. The molecule has 0 aliphatic carbocycles. The molecule has 3 N–H and O–H groups in total. The summed E-state index contributed by atoms with van der Waals surface area (Å²) in [4.78, 5) is 12.2. The molecule has 2 aliphatic rings. The van der Waals surface area contributed by atoms with Crippen LogP contribution in [0.3, 0.4) is 0 Å². The van der Waals surface area contributed by atoms with Gasteiger partial charge in [0.15, 0.2) is 0 Å². The van der Waals surface area contributed by atoms with Gasteiger partial charge in [-0.1, -0.05) is 0 Å². The molecule has 6 heteroatoms. The second kappa shape index (κ2) is 7.87. The summed E-state index contributed by atoms with van der Waals surface area (Å²) < 4.78 is 19.6. The zero-order valence-corrected chi connectivity index (χ0v) is 16.7. The number of anilines is 2. The maximum atomic E-state index is 13.3. The minimum absolute atomic E-state index is 0.245. The van der Waals surface area contributed by atoms with E-state index in [1.807, 2.05) is 24.3 Å².